The number of nitrogens with one attached hydrogen (secondary N) is 2. The van der Waals surface area contributed by atoms with Crippen molar-refractivity contribution < 1.29 is 0 Å². The molecule has 3 aliphatic carbocycles. The third kappa shape index (κ3) is 2.68. The summed E-state index contributed by atoms with van der Waals surface area (Å²) in [5, 5.41) is 0. The predicted octanol–water partition coefficient (Wildman–Crippen LogP) is 4.91. The third-order valence-electron chi connectivity index (χ3n) is 6.38. The summed E-state index contributed by atoms with van der Waals surface area (Å²) in [5.74, 6) is 0.416. The monoisotopic (exact) mass is 390 g/mol. The van der Waals surface area contributed by atoms with Crippen LogP contribution in [0.5, 0.6) is 0 Å². The fourth-order valence-electron chi connectivity index (χ4n) is 5.15. The molecule has 3 aliphatic rings. The van der Waals surface area contributed by atoms with E-state index in [2.05, 4.69) is 58.5 Å². The van der Waals surface area contributed by atoms with E-state index in [1.165, 1.54) is 22.3 Å². The highest BCUT2D eigenvalue weighted by Gasteiger charge is 2.49. The summed E-state index contributed by atoms with van der Waals surface area (Å²) >= 11 is 0. The van der Waals surface area contributed by atoms with E-state index in [0.29, 0.717) is 0 Å². The lowest BCUT2D eigenvalue weighted by Gasteiger charge is -2.47. The van der Waals surface area contributed by atoms with Crippen molar-refractivity contribution in [2.24, 2.45) is 9.98 Å². The first-order valence-corrected chi connectivity index (χ1v) is 10.4. The van der Waals surface area contributed by atoms with Crippen LogP contribution in [0.2, 0.25) is 0 Å². The standard InChI is InChI=1S/C26H22N4/c1-2-10-20-19(9-1)23-21-11-3-4-12-22(21)24(20)26(30-16-18-8-6-14-28-18)25(23)29-15-17-7-5-13-27-17/h1-16,23-28H/t23?,24?,25-,26-/m1/s1. The van der Waals surface area contributed by atoms with Crippen molar-refractivity contribution in [2.45, 2.75) is 23.9 Å². The summed E-state index contributed by atoms with van der Waals surface area (Å²) < 4.78 is 0. The van der Waals surface area contributed by atoms with E-state index in [9.17, 15) is 0 Å². The Morgan fingerprint density at radius 3 is 1.27 bits per heavy atom. The molecule has 2 heterocycles. The molecular formula is C26H22N4. The van der Waals surface area contributed by atoms with Gasteiger partial charge in [0.1, 0.15) is 0 Å². The first-order chi connectivity index (χ1) is 14.9. The molecule has 2 bridgehead atoms. The van der Waals surface area contributed by atoms with E-state index in [-0.39, 0.29) is 23.9 Å². The molecule has 2 aromatic carbocycles. The molecular weight excluding hydrogens is 368 g/mol. The quantitative estimate of drug-likeness (QED) is 0.465. The van der Waals surface area contributed by atoms with Crippen LogP contribution in [0.25, 0.3) is 0 Å². The van der Waals surface area contributed by atoms with Crippen LogP contribution in [0.1, 0.15) is 45.5 Å². The van der Waals surface area contributed by atoms with Crippen LogP contribution in [0, 0.1) is 0 Å². The van der Waals surface area contributed by atoms with Crippen molar-refractivity contribution in [2.75, 3.05) is 0 Å². The Morgan fingerprint density at radius 2 is 0.933 bits per heavy atom. The minimum absolute atomic E-state index is 0.0503. The van der Waals surface area contributed by atoms with Crippen molar-refractivity contribution in [1.82, 2.24) is 9.97 Å². The van der Waals surface area contributed by atoms with Crippen LogP contribution < -0.4 is 0 Å². The largest absolute Gasteiger partial charge is 0.360 e. The summed E-state index contributed by atoms with van der Waals surface area (Å²) in [4.78, 5) is 16.7. The molecule has 2 aromatic heterocycles. The molecule has 0 spiro atoms. The molecule has 146 valence electrons. The van der Waals surface area contributed by atoms with Gasteiger partial charge in [-0.2, -0.15) is 0 Å². The summed E-state index contributed by atoms with van der Waals surface area (Å²) in [7, 11) is 0. The lowest BCUT2D eigenvalue weighted by molar-refractivity contribution is 0.391. The molecule has 0 fully saturated rings. The highest BCUT2D eigenvalue weighted by atomic mass is 15.0. The van der Waals surface area contributed by atoms with E-state index >= 15 is 0 Å². The second-order valence-electron chi connectivity index (χ2n) is 8.00. The highest BCUT2D eigenvalue weighted by Crippen LogP contribution is 2.54. The summed E-state index contributed by atoms with van der Waals surface area (Å²) in [5.41, 5.74) is 7.60. The minimum atomic E-state index is 0.0503. The van der Waals surface area contributed by atoms with Gasteiger partial charge in [0, 0.05) is 36.7 Å². The zero-order valence-electron chi connectivity index (χ0n) is 16.4. The zero-order chi connectivity index (χ0) is 19.9. The molecule has 0 amide bonds. The van der Waals surface area contributed by atoms with Gasteiger partial charge in [0.25, 0.3) is 0 Å². The molecule has 4 aromatic rings. The Bertz CT molecular complexity index is 1070. The zero-order valence-corrected chi connectivity index (χ0v) is 16.4. The number of rotatable bonds is 4. The molecule has 4 heteroatoms. The second-order valence-corrected chi connectivity index (χ2v) is 8.00. The van der Waals surface area contributed by atoms with Gasteiger partial charge >= 0.3 is 0 Å². The average molecular weight is 390 g/mol. The van der Waals surface area contributed by atoms with Gasteiger partial charge in [0.2, 0.25) is 0 Å². The molecule has 0 radical (unpaired) electrons. The molecule has 0 aliphatic heterocycles. The van der Waals surface area contributed by atoms with E-state index in [1.807, 2.05) is 49.1 Å². The Hall–Kier alpha value is -3.66. The molecule has 4 nitrogen and oxygen atoms in total. The lowest BCUT2D eigenvalue weighted by atomic mass is 9.59. The van der Waals surface area contributed by atoms with Crippen LogP contribution in [0.15, 0.2) is 95.2 Å². The van der Waals surface area contributed by atoms with Crippen LogP contribution >= 0.6 is 0 Å². The summed E-state index contributed by atoms with van der Waals surface area (Å²) in [6, 6.07) is 25.8. The maximum Gasteiger partial charge on any atom is 0.0842 e. The second kappa shape index (κ2) is 6.99. The SMILES string of the molecule is C(=N[C@@H]1C2c3ccccc3C(c3ccccc32)[C@H]1N=Cc1ccc[nH]1)c1ccc[nH]1. The van der Waals surface area contributed by atoms with Gasteiger partial charge in [0.05, 0.1) is 23.5 Å². The smallest absolute Gasteiger partial charge is 0.0842 e. The van der Waals surface area contributed by atoms with Crippen LogP contribution in [0.3, 0.4) is 0 Å². The fraction of sp³-hybridized carbons (Fsp3) is 0.154. The normalized spacial score (nSPS) is 24.4. The van der Waals surface area contributed by atoms with Crippen molar-refractivity contribution in [3.05, 3.63) is 119 Å². The number of aromatic amines is 2. The number of hydrogen-bond donors (Lipinski definition) is 2. The Morgan fingerprint density at radius 1 is 0.533 bits per heavy atom. The Balaban J connectivity index is 1.52. The van der Waals surface area contributed by atoms with Crippen molar-refractivity contribution in [3.8, 4) is 0 Å². The van der Waals surface area contributed by atoms with Crippen molar-refractivity contribution in [3.63, 3.8) is 0 Å². The van der Waals surface area contributed by atoms with E-state index in [0.717, 1.165) is 11.4 Å². The molecule has 0 saturated heterocycles. The van der Waals surface area contributed by atoms with Crippen molar-refractivity contribution in [1.29, 1.82) is 0 Å². The van der Waals surface area contributed by atoms with Gasteiger partial charge < -0.3 is 9.97 Å². The van der Waals surface area contributed by atoms with Gasteiger partial charge in [-0.3, -0.25) is 9.98 Å². The molecule has 7 rings (SSSR count). The number of aliphatic imine (C=N–C) groups is 2. The van der Waals surface area contributed by atoms with Gasteiger partial charge in [0.15, 0.2) is 0 Å². The minimum Gasteiger partial charge on any atom is -0.360 e. The van der Waals surface area contributed by atoms with E-state index in [4.69, 9.17) is 9.98 Å². The number of aromatic nitrogens is 2. The topological polar surface area (TPSA) is 56.3 Å². The van der Waals surface area contributed by atoms with Gasteiger partial charge in [-0.15, -0.1) is 0 Å². The van der Waals surface area contributed by atoms with Crippen LogP contribution in [0.4, 0.5) is 0 Å². The van der Waals surface area contributed by atoms with E-state index in [1.54, 1.807) is 0 Å². The molecule has 2 N–H and O–H groups in total. The Labute approximate surface area is 175 Å². The number of fused-ring (bicyclic) bond motifs is 1. The van der Waals surface area contributed by atoms with Gasteiger partial charge in [-0.05, 0) is 46.5 Å². The first kappa shape index (κ1) is 17.2. The predicted molar refractivity (Wildman–Crippen MR) is 121 cm³/mol. The number of benzene rings is 2. The highest BCUT2D eigenvalue weighted by molar-refractivity contribution is 5.79. The van der Waals surface area contributed by atoms with E-state index < -0.39 is 0 Å². The Kier molecular flexibility index (Phi) is 4.01. The number of H-pyrrole nitrogens is 2. The maximum absolute atomic E-state index is 5.11. The first-order valence-electron chi connectivity index (χ1n) is 10.4. The molecule has 30 heavy (non-hydrogen) atoms. The maximum atomic E-state index is 5.11. The van der Waals surface area contributed by atoms with Crippen LogP contribution in [-0.4, -0.2) is 34.5 Å². The summed E-state index contributed by atoms with van der Waals surface area (Å²) in [6.45, 7) is 0. The van der Waals surface area contributed by atoms with Crippen molar-refractivity contribution >= 4 is 12.4 Å². The number of nitrogens with zero attached hydrogens (tertiary/aromatic N) is 2. The van der Waals surface area contributed by atoms with Gasteiger partial charge in [-0.25, -0.2) is 0 Å². The third-order valence-corrected chi connectivity index (χ3v) is 6.38. The average Bonchev–Trinajstić information content (AvgIpc) is 3.50. The van der Waals surface area contributed by atoms with Crippen LogP contribution in [-0.2, 0) is 0 Å². The van der Waals surface area contributed by atoms with Gasteiger partial charge in [-0.1, -0.05) is 48.5 Å². The summed E-state index contributed by atoms with van der Waals surface area (Å²) in [6.07, 6.45) is 7.79. The number of hydrogen-bond acceptors (Lipinski definition) is 2. The molecule has 0 unspecified atom stereocenters. The molecule has 2 atom stereocenters. The lowest BCUT2D eigenvalue weighted by Crippen LogP contribution is -2.45. The molecule has 0 saturated carbocycles. The fourth-order valence-corrected chi connectivity index (χ4v) is 5.15.